The Labute approximate surface area is 106 Å². The summed E-state index contributed by atoms with van der Waals surface area (Å²) in [4.78, 5) is 19.0. The number of alkyl halides is 1. The van der Waals surface area contributed by atoms with Gasteiger partial charge in [-0.05, 0) is 25.4 Å². The molecule has 4 nitrogen and oxygen atoms in total. The predicted molar refractivity (Wildman–Crippen MR) is 63.7 cm³/mol. The van der Waals surface area contributed by atoms with Crippen LogP contribution in [0.3, 0.4) is 0 Å². The van der Waals surface area contributed by atoms with Crippen LogP contribution in [-0.2, 0) is 4.79 Å². The second-order valence-electron chi connectivity index (χ2n) is 3.27. The van der Waals surface area contributed by atoms with Crippen LogP contribution >= 0.6 is 39.1 Å². The molecular weight excluding hydrogens is 305 g/mol. The third-order valence-electron chi connectivity index (χ3n) is 1.45. The van der Waals surface area contributed by atoms with Crippen molar-refractivity contribution in [2.75, 3.05) is 5.32 Å². The molecule has 0 saturated heterocycles. The molecule has 0 radical (unpaired) electrons. The highest BCUT2D eigenvalue weighted by Crippen LogP contribution is 2.20. The third-order valence-corrected chi connectivity index (χ3v) is 2.17. The Kier molecular flexibility index (Phi) is 3.92. The summed E-state index contributed by atoms with van der Waals surface area (Å²) in [6.07, 6.45) is 0. The Bertz CT molecular complexity index is 372. The summed E-state index contributed by atoms with van der Waals surface area (Å²) in [5, 5.41) is 2.73. The Morgan fingerprint density at radius 3 is 2.53 bits per heavy atom. The molecule has 0 aliphatic heterocycles. The molecular formula is C8H8BrCl2N3O. The van der Waals surface area contributed by atoms with Gasteiger partial charge >= 0.3 is 0 Å². The number of hydrogen-bond acceptors (Lipinski definition) is 3. The summed E-state index contributed by atoms with van der Waals surface area (Å²) in [6.45, 7) is 3.43. The van der Waals surface area contributed by atoms with Crippen LogP contribution in [0.2, 0.25) is 10.4 Å². The zero-order chi connectivity index (χ0) is 11.6. The predicted octanol–water partition coefficient (Wildman–Crippen LogP) is 2.90. The van der Waals surface area contributed by atoms with Crippen LogP contribution in [0.15, 0.2) is 6.07 Å². The molecule has 1 amide bonds. The molecule has 0 atom stereocenters. The summed E-state index contributed by atoms with van der Waals surface area (Å²) < 4.78 is -0.684. The van der Waals surface area contributed by atoms with E-state index in [9.17, 15) is 4.79 Å². The van der Waals surface area contributed by atoms with E-state index >= 15 is 0 Å². The summed E-state index contributed by atoms with van der Waals surface area (Å²) >= 11 is 14.4. The van der Waals surface area contributed by atoms with Crippen LogP contribution in [0.5, 0.6) is 0 Å². The van der Waals surface area contributed by atoms with E-state index in [0.717, 1.165) is 0 Å². The number of aromatic nitrogens is 2. The van der Waals surface area contributed by atoms with Gasteiger partial charge in [-0.15, -0.1) is 0 Å². The molecule has 0 aliphatic carbocycles. The number of amides is 1. The molecule has 1 aromatic rings. The van der Waals surface area contributed by atoms with Gasteiger partial charge in [0.2, 0.25) is 11.2 Å². The van der Waals surface area contributed by atoms with Crippen LogP contribution in [0.25, 0.3) is 0 Å². The van der Waals surface area contributed by atoms with E-state index in [2.05, 4.69) is 31.2 Å². The van der Waals surface area contributed by atoms with Crippen molar-refractivity contribution in [1.82, 2.24) is 9.97 Å². The highest BCUT2D eigenvalue weighted by Gasteiger charge is 2.24. The van der Waals surface area contributed by atoms with Gasteiger partial charge in [0.25, 0.3) is 0 Å². The number of carbonyl (C=O) groups excluding carboxylic acids is 1. The Morgan fingerprint density at radius 2 is 2.07 bits per heavy atom. The van der Waals surface area contributed by atoms with Crippen molar-refractivity contribution in [2.45, 2.75) is 18.2 Å². The van der Waals surface area contributed by atoms with Gasteiger partial charge in [0.05, 0.1) is 4.32 Å². The zero-order valence-corrected chi connectivity index (χ0v) is 11.1. The molecule has 0 aliphatic rings. The van der Waals surface area contributed by atoms with E-state index in [4.69, 9.17) is 23.2 Å². The summed E-state index contributed by atoms with van der Waals surface area (Å²) in [5.41, 5.74) is 0. The largest absolute Gasteiger partial charge is 0.309 e. The highest BCUT2D eigenvalue weighted by molar-refractivity contribution is 9.10. The summed E-state index contributed by atoms with van der Waals surface area (Å²) in [7, 11) is 0. The quantitative estimate of drug-likeness (QED) is 0.519. The van der Waals surface area contributed by atoms with Crippen molar-refractivity contribution < 1.29 is 4.79 Å². The van der Waals surface area contributed by atoms with Crippen LogP contribution in [0.4, 0.5) is 5.82 Å². The van der Waals surface area contributed by atoms with Crippen molar-refractivity contribution in [3.8, 4) is 0 Å². The summed E-state index contributed by atoms with van der Waals surface area (Å²) in [6, 6.07) is 1.42. The molecule has 0 aromatic carbocycles. The van der Waals surface area contributed by atoms with Crippen LogP contribution in [0.1, 0.15) is 13.8 Å². The van der Waals surface area contributed by atoms with E-state index < -0.39 is 4.32 Å². The molecule has 1 rings (SSSR count). The van der Waals surface area contributed by atoms with Crippen LogP contribution < -0.4 is 5.32 Å². The lowest BCUT2D eigenvalue weighted by Crippen LogP contribution is -2.31. The lowest BCUT2D eigenvalue weighted by atomic mass is 10.2. The molecule has 0 saturated carbocycles. The van der Waals surface area contributed by atoms with Crippen molar-refractivity contribution in [1.29, 1.82) is 0 Å². The van der Waals surface area contributed by atoms with Gasteiger partial charge in [-0.1, -0.05) is 27.5 Å². The third kappa shape index (κ3) is 3.93. The average Bonchev–Trinajstić information content (AvgIpc) is 1.99. The van der Waals surface area contributed by atoms with Gasteiger partial charge in [-0.3, -0.25) is 4.79 Å². The number of hydrogen-bond donors (Lipinski definition) is 1. The van der Waals surface area contributed by atoms with Crippen LogP contribution in [-0.4, -0.2) is 20.2 Å². The minimum atomic E-state index is -0.684. The molecule has 1 heterocycles. The van der Waals surface area contributed by atoms with Crippen molar-refractivity contribution in [2.24, 2.45) is 0 Å². The smallest absolute Gasteiger partial charge is 0.241 e. The first kappa shape index (κ1) is 12.7. The molecule has 0 unspecified atom stereocenters. The topological polar surface area (TPSA) is 54.9 Å². The summed E-state index contributed by atoms with van der Waals surface area (Å²) in [5.74, 6) is 0.0332. The van der Waals surface area contributed by atoms with E-state index in [1.54, 1.807) is 13.8 Å². The maximum atomic E-state index is 11.6. The molecule has 1 N–H and O–H groups in total. The maximum absolute atomic E-state index is 11.6. The Morgan fingerprint density at radius 1 is 1.47 bits per heavy atom. The number of nitrogens with zero attached hydrogens (tertiary/aromatic N) is 2. The monoisotopic (exact) mass is 311 g/mol. The fourth-order valence-electron chi connectivity index (χ4n) is 0.719. The minimum absolute atomic E-state index is 0.00909. The standard InChI is InChI=1S/C8H8BrCl2N3O/c1-8(2,9)6(15)13-5-3-4(10)12-7(11)14-5/h3H,1-2H3,(H,12,13,14,15). The van der Waals surface area contributed by atoms with Crippen molar-refractivity contribution in [3.63, 3.8) is 0 Å². The molecule has 0 fully saturated rings. The van der Waals surface area contributed by atoms with Gasteiger partial charge in [-0.2, -0.15) is 0 Å². The number of nitrogens with one attached hydrogen (secondary N) is 1. The van der Waals surface area contributed by atoms with Crippen molar-refractivity contribution in [3.05, 3.63) is 16.5 Å². The second kappa shape index (κ2) is 4.63. The van der Waals surface area contributed by atoms with Crippen molar-refractivity contribution >= 4 is 50.9 Å². The van der Waals surface area contributed by atoms with Gasteiger partial charge < -0.3 is 5.32 Å². The first-order valence-electron chi connectivity index (χ1n) is 3.99. The fraction of sp³-hybridized carbons (Fsp3) is 0.375. The van der Waals surface area contributed by atoms with E-state index in [0.29, 0.717) is 0 Å². The van der Waals surface area contributed by atoms with Gasteiger partial charge in [0, 0.05) is 6.07 Å². The fourth-order valence-corrected chi connectivity index (χ4v) is 1.23. The molecule has 7 heteroatoms. The first-order valence-corrected chi connectivity index (χ1v) is 5.54. The lowest BCUT2D eigenvalue weighted by Gasteiger charge is -2.15. The number of halogens is 3. The first-order chi connectivity index (χ1) is 6.79. The lowest BCUT2D eigenvalue weighted by molar-refractivity contribution is -0.117. The van der Waals surface area contributed by atoms with Gasteiger partial charge in [-0.25, -0.2) is 9.97 Å². The zero-order valence-electron chi connectivity index (χ0n) is 8.01. The number of carbonyl (C=O) groups is 1. The van der Waals surface area contributed by atoms with Gasteiger partial charge in [0.1, 0.15) is 11.0 Å². The number of anilines is 1. The molecule has 82 valence electrons. The van der Waals surface area contributed by atoms with E-state index in [1.807, 2.05) is 0 Å². The van der Waals surface area contributed by atoms with E-state index in [-0.39, 0.29) is 22.2 Å². The highest BCUT2D eigenvalue weighted by atomic mass is 79.9. The maximum Gasteiger partial charge on any atom is 0.241 e. The average molecular weight is 313 g/mol. The molecule has 0 spiro atoms. The van der Waals surface area contributed by atoms with Gasteiger partial charge in [0.15, 0.2) is 0 Å². The Hall–Kier alpha value is -0.390. The normalized spacial score (nSPS) is 11.3. The molecule has 0 bridgehead atoms. The molecule has 15 heavy (non-hydrogen) atoms. The minimum Gasteiger partial charge on any atom is -0.309 e. The SMILES string of the molecule is CC(C)(Br)C(=O)Nc1cc(Cl)nc(Cl)n1. The van der Waals surface area contributed by atoms with Crippen LogP contribution in [0, 0.1) is 0 Å². The second-order valence-corrected chi connectivity index (χ2v) is 5.98. The van der Waals surface area contributed by atoms with E-state index in [1.165, 1.54) is 6.07 Å². The molecule has 1 aromatic heterocycles. The number of rotatable bonds is 2. The Balaban J connectivity index is 2.86.